The van der Waals surface area contributed by atoms with E-state index in [1.54, 1.807) is 0 Å². The van der Waals surface area contributed by atoms with E-state index in [-0.39, 0.29) is 0 Å². The van der Waals surface area contributed by atoms with Crippen molar-refractivity contribution >= 4 is 0 Å². The molecule has 0 saturated heterocycles. The number of nitrogens with two attached hydrogens (primary N) is 1. The van der Waals surface area contributed by atoms with Crippen molar-refractivity contribution in [3.8, 4) is 0 Å². The van der Waals surface area contributed by atoms with Gasteiger partial charge in [0.15, 0.2) is 0 Å². The highest BCUT2D eigenvalue weighted by Crippen LogP contribution is 2.30. The molecule has 0 bridgehead atoms. The van der Waals surface area contributed by atoms with Crippen molar-refractivity contribution in [2.75, 3.05) is 6.54 Å². The Morgan fingerprint density at radius 1 is 1.15 bits per heavy atom. The second-order valence-corrected chi connectivity index (χ2v) is 6.39. The monoisotopic (exact) mass is 274 g/mol. The fourth-order valence-electron chi connectivity index (χ4n) is 3.42. The molecule has 2 N–H and O–H groups in total. The van der Waals surface area contributed by atoms with E-state index >= 15 is 0 Å². The fraction of sp³-hybridized carbons (Fsp3) is 0.667. The van der Waals surface area contributed by atoms with Gasteiger partial charge in [-0.1, -0.05) is 36.8 Å². The molecule has 1 aliphatic rings. The van der Waals surface area contributed by atoms with E-state index in [9.17, 15) is 0 Å². The summed E-state index contributed by atoms with van der Waals surface area (Å²) in [7, 11) is 0. The van der Waals surface area contributed by atoms with Crippen LogP contribution in [0.2, 0.25) is 0 Å². The van der Waals surface area contributed by atoms with Crippen molar-refractivity contribution in [3.63, 3.8) is 0 Å². The lowest BCUT2D eigenvalue weighted by atomic mass is 9.89. The van der Waals surface area contributed by atoms with Crippen LogP contribution in [0.1, 0.15) is 63.1 Å². The molecule has 0 aliphatic heterocycles. The molecule has 2 nitrogen and oxygen atoms in total. The minimum absolute atomic E-state index is 0.435. The van der Waals surface area contributed by atoms with Gasteiger partial charge in [-0.05, 0) is 58.1 Å². The largest absolute Gasteiger partial charge is 0.328 e. The third-order valence-electron chi connectivity index (χ3n) is 4.75. The Kier molecular flexibility index (Phi) is 5.62. The maximum Gasteiger partial charge on any atom is 0.0322 e. The van der Waals surface area contributed by atoms with Gasteiger partial charge in [0.1, 0.15) is 0 Å². The van der Waals surface area contributed by atoms with Crippen LogP contribution in [0.3, 0.4) is 0 Å². The number of aryl methyl sites for hydroxylation is 1. The second-order valence-electron chi connectivity index (χ2n) is 6.39. The third-order valence-corrected chi connectivity index (χ3v) is 4.75. The molecule has 1 aromatic rings. The lowest BCUT2D eigenvalue weighted by molar-refractivity contribution is 0.107. The van der Waals surface area contributed by atoms with Crippen LogP contribution in [-0.2, 0) is 0 Å². The van der Waals surface area contributed by atoms with Crippen LogP contribution in [0.4, 0.5) is 0 Å². The highest BCUT2D eigenvalue weighted by atomic mass is 15.2. The summed E-state index contributed by atoms with van der Waals surface area (Å²) >= 11 is 0. The third kappa shape index (κ3) is 3.83. The molecular formula is C18H30N2. The van der Waals surface area contributed by atoms with Crippen molar-refractivity contribution < 1.29 is 0 Å². The molecule has 2 rings (SSSR count). The highest BCUT2D eigenvalue weighted by molar-refractivity contribution is 5.24. The zero-order chi connectivity index (χ0) is 14.5. The predicted octanol–water partition coefficient (Wildman–Crippen LogP) is 4.04. The highest BCUT2D eigenvalue weighted by Gasteiger charge is 2.27. The summed E-state index contributed by atoms with van der Waals surface area (Å²) in [4.78, 5) is 2.70. The van der Waals surface area contributed by atoms with Crippen molar-refractivity contribution in [1.29, 1.82) is 0 Å². The van der Waals surface area contributed by atoms with Crippen LogP contribution >= 0.6 is 0 Å². The number of hydrogen-bond acceptors (Lipinski definition) is 2. The molecule has 1 unspecified atom stereocenters. The van der Waals surface area contributed by atoms with Crippen LogP contribution in [0.25, 0.3) is 0 Å². The first-order valence-corrected chi connectivity index (χ1v) is 8.19. The van der Waals surface area contributed by atoms with Crippen molar-refractivity contribution in [3.05, 3.63) is 35.4 Å². The van der Waals surface area contributed by atoms with E-state index in [2.05, 4.69) is 49.9 Å². The summed E-state index contributed by atoms with van der Waals surface area (Å²) in [6.45, 7) is 7.98. The molecule has 1 aromatic carbocycles. The average Bonchev–Trinajstić information content (AvgIpc) is 2.46. The standard InChI is InChI=1S/C18H30N2/c1-4-13-20(18-11-9-17(19)10-12-18)15(3)16-7-5-14(2)6-8-16/h5-8,15,17-18H,4,9-13,19H2,1-3H3. The smallest absolute Gasteiger partial charge is 0.0322 e. The lowest BCUT2D eigenvalue weighted by Crippen LogP contribution is -2.42. The van der Waals surface area contributed by atoms with E-state index in [0.29, 0.717) is 18.1 Å². The number of hydrogen-bond donors (Lipinski definition) is 1. The molecule has 1 fully saturated rings. The average molecular weight is 274 g/mol. The molecule has 0 amide bonds. The summed E-state index contributed by atoms with van der Waals surface area (Å²) in [5.74, 6) is 0. The molecule has 0 spiro atoms. The quantitative estimate of drug-likeness (QED) is 0.878. The van der Waals surface area contributed by atoms with E-state index < -0.39 is 0 Å². The minimum atomic E-state index is 0.435. The molecule has 1 aliphatic carbocycles. The first kappa shape index (κ1) is 15.5. The molecule has 112 valence electrons. The van der Waals surface area contributed by atoms with E-state index in [0.717, 1.165) is 0 Å². The van der Waals surface area contributed by atoms with Gasteiger partial charge >= 0.3 is 0 Å². The Balaban J connectivity index is 2.08. The Bertz CT molecular complexity index is 390. The van der Waals surface area contributed by atoms with Gasteiger partial charge in [0, 0.05) is 18.1 Å². The molecule has 2 heteroatoms. The molecule has 1 atom stereocenters. The lowest BCUT2D eigenvalue weighted by Gasteiger charge is -2.40. The van der Waals surface area contributed by atoms with Gasteiger partial charge in [0.05, 0.1) is 0 Å². The van der Waals surface area contributed by atoms with Crippen LogP contribution in [-0.4, -0.2) is 23.5 Å². The first-order chi connectivity index (χ1) is 9.61. The SMILES string of the molecule is CCCN(C1CCC(N)CC1)C(C)c1ccc(C)cc1. The van der Waals surface area contributed by atoms with E-state index in [1.807, 2.05) is 0 Å². The molecule has 1 saturated carbocycles. The number of nitrogens with zero attached hydrogens (tertiary/aromatic N) is 1. The Morgan fingerprint density at radius 2 is 1.75 bits per heavy atom. The van der Waals surface area contributed by atoms with Gasteiger partial charge in [-0.25, -0.2) is 0 Å². The van der Waals surface area contributed by atoms with Gasteiger partial charge < -0.3 is 5.73 Å². The van der Waals surface area contributed by atoms with Gasteiger partial charge in [0.25, 0.3) is 0 Å². The first-order valence-electron chi connectivity index (χ1n) is 8.19. The van der Waals surface area contributed by atoms with Crippen LogP contribution in [0.15, 0.2) is 24.3 Å². The summed E-state index contributed by atoms with van der Waals surface area (Å²) < 4.78 is 0. The second kappa shape index (κ2) is 7.24. The molecule has 0 aromatic heterocycles. The van der Waals surface area contributed by atoms with Gasteiger partial charge in [-0.2, -0.15) is 0 Å². The Morgan fingerprint density at radius 3 is 2.30 bits per heavy atom. The molecule has 0 heterocycles. The van der Waals surface area contributed by atoms with Crippen LogP contribution in [0, 0.1) is 6.92 Å². The fourth-order valence-corrected chi connectivity index (χ4v) is 3.42. The Labute approximate surface area is 124 Å². The van der Waals surface area contributed by atoms with E-state index in [1.165, 1.54) is 49.8 Å². The maximum atomic E-state index is 6.06. The van der Waals surface area contributed by atoms with Gasteiger partial charge in [-0.15, -0.1) is 0 Å². The topological polar surface area (TPSA) is 29.3 Å². The van der Waals surface area contributed by atoms with E-state index in [4.69, 9.17) is 5.73 Å². The van der Waals surface area contributed by atoms with Crippen molar-refractivity contribution in [2.45, 2.75) is 71.0 Å². The summed E-state index contributed by atoms with van der Waals surface area (Å²) in [6.07, 6.45) is 6.12. The summed E-state index contributed by atoms with van der Waals surface area (Å²) in [5.41, 5.74) is 8.84. The molecule has 20 heavy (non-hydrogen) atoms. The van der Waals surface area contributed by atoms with Gasteiger partial charge in [0.2, 0.25) is 0 Å². The number of benzene rings is 1. The zero-order valence-electron chi connectivity index (χ0n) is 13.3. The van der Waals surface area contributed by atoms with Crippen molar-refractivity contribution in [2.24, 2.45) is 5.73 Å². The predicted molar refractivity (Wildman–Crippen MR) is 86.8 cm³/mol. The minimum Gasteiger partial charge on any atom is -0.328 e. The van der Waals surface area contributed by atoms with Crippen molar-refractivity contribution in [1.82, 2.24) is 4.90 Å². The van der Waals surface area contributed by atoms with Gasteiger partial charge in [-0.3, -0.25) is 4.90 Å². The van der Waals surface area contributed by atoms with Crippen LogP contribution in [0.5, 0.6) is 0 Å². The normalized spacial score (nSPS) is 24.9. The maximum absolute atomic E-state index is 6.06. The zero-order valence-corrected chi connectivity index (χ0v) is 13.3. The van der Waals surface area contributed by atoms with Crippen LogP contribution < -0.4 is 5.73 Å². The summed E-state index contributed by atoms with van der Waals surface area (Å²) in [6, 6.07) is 10.7. The molecular weight excluding hydrogens is 244 g/mol. The number of rotatable bonds is 5. The molecule has 0 radical (unpaired) electrons. The Hall–Kier alpha value is -0.860. The summed E-state index contributed by atoms with van der Waals surface area (Å²) in [5, 5.41) is 0.